The fraction of sp³-hybridized carbons (Fsp3) is 0.500. The Labute approximate surface area is 290 Å². The van der Waals surface area contributed by atoms with Gasteiger partial charge in [0, 0.05) is 44.1 Å². The van der Waals surface area contributed by atoms with Crippen molar-refractivity contribution < 1.29 is 28.9 Å². The van der Waals surface area contributed by atoms with Crippen LogP contribution in [0.25, 0.3) is 11.1 Å². The van der Waals surface area contributed by atoms with Crippen LogP contribution in [-0.4, -0.2) is 77.8 Å². The zero-order valence-electron chi connectivity index (χ0n) is 29.1. The number of benzene rings is 3. The maximum Gasteiger partial charge on any atom is 0.303 e. The van der Waals surface area contributed by atoms with Crippen LogP contribution in [0.2, 0.25) is 0 Å². The minimum Gasteiger partial charge on any atom is -0.453 e. The summed E-state index contributed by atoms with van der Waals surface area (Å²) in [6, 6.07) is 25.0. The number of esters is 1. The first kappa shape index (κ1) is 35.2. The van der Waals surface area contributed by atoms with Crippen LogP contribution in [0.5, 0.6) is 0 Å². The minimum absolute atomic E-state index is 0.0108. The second-order valence-electron chi connectivity index (χ2n) is 13.9. The molecule has 9 heteroatoms. The summed E-state index contributed by atoms with van der Waals surface area (Å²) in [7, 11) is 0. The largest absolute Gasteiger partial charge is 0.453 e. The molecule has 3 fully saturated rings. The summed E-state index contributed by atoms with van der Waals surface area (Å²) < 4.78 is 18.7. The van der Waals surface area contributed by atoms with E-state index in [1.165, 1.54) is 45.7 Å². The number of carbonyl (C=O) groups excluding carboxylic acids is 2. The number of hydrogen-bond acceptors (Lipinski definition) is 8. The third-order valence-corrected chi connectivity index (χ3v) is 10.3. The Hall–Kier alpha value is -3.60. The first-order valence-electron chi connectivity index (χ1n) is 17.9. The van der Waals surface area contributed by atoms with Gasteiger partial charge in [0.25, 0.3) is 5.91 Å². The predicted octanol–water partition coefficient (Wildman–Crippen LogP) is 5.77. The van der Waals surface area contributed by atoms with Crippen LogP contribution in [0.4, 0.5) is 0 Å². The molecule has 0 spiro atoms. The van der Waals surface area contributed by atoms with Gasteiger partial charge in [0.2, 0.25) is 0 Å². The second kappa shape index (κ2) is 16.4. The molecule has 0 radical (unpaired) electrons. The van der Waals surface area contributed by atoms with Crippen LogP contribution in [-0.2, 0) is 37.0 Å². The van der Waals surface area contributed by atoms with Gasteiger partial charge >= 0.3 is 5.97 Å². The molecule has 3 aromatic carbocycles. The monoisotopic (exact) mass is 669 g/mol. The standard InChI is InChI=1S/C40H51N3O6/c1-27-37(25-43-20-8-13-36(43)24-42-18-4-5-19-42)48-40(49-38(27)32-16-14-30(26-44)15-17-32)35-12-7-11-34(22-35)33-10-6-9-31(21-33)23-41-39(46)28(2)47-29(3)45/h6-7,9-12,14-17,21-22,27-28,36-38,40,44H,4-5,8,13,18-20,23-26H2,1-3H3,(H,41,46)/t27-,28+,36+,37+,38+,40+/m1/s1. The first-order chi connectivity index (χ1) is 23.8. The Morgan fingerprint density at radius 3 is 2.37 bits per heavy atom. The van der Waals surface area contributed by atoms with Crippen molar-refractivity contribution in [2.24, 2.45) is 5.92 Å². The molecule has 6 atom stereocenters. The number of amides is 1. The van der Waals surface area contributed by atoms with Crippen molar-refractivity contribution in [1.29, 1.82) is 0 Å². The lowest BCUT2D eigenvalue weighted by Gasteiger charge is -2.43. The number of aliphatic hydroxyl groups excluding tert-OH is 1. The van der Waals surface area contributed by atoms with Crippen LogP contribution in [0, 0.1) is 5.92 Å². The molecule has 3 aliphatic rings. The van der Waals surface area contributed by atoms with Gasteiger partial charge in [0.05, 0.1) is 18.8 Å². The Morgan fingerprint density at radius 2 is 1.63 bits per heavy atom. The van der Waals surface area contributed by atoms with Crippen molar-refractivity contribution in [2.75, 3.05) is 32.7 Å². The van der Waals surface area contributed by atoms with Gasteiger partial charge in [-0.15, -0.1) is 0 Å². The van der Waals surface area contributed by atoms with Gasteiger partial charge in [-0.3, -0.25) is 14.5 Å². The highest BCUT2D eigenvalue weighted by molar-refractivity contribution is 5.82. The van der Waals surface area contributed by atoms with Crippen molar-refractivity contribution in [3.63, 3.8) is 0 Å². The maximum absolute atomic E-state index is 12.4. The van der Waals surface area contributed by atoms with E-state index in [9.17, 15) is 14.7 Å². The molecule has 3 heterocycles. The van der Waals surface area contributed by atoms with Crippen molar-refractivity contribution in [3.05, 3.63) is 95.1 Å². The number of rotatable bonds is 12. The smallest absolute Gasteiger partial charge is 0.303 e. The summed E-state index contributed by atoms with van der Waals surface area (Å²) in [4.78, 5) is 28.9. The summed E-state index contributed by atoms with van der Waals surface area (Å²) in [5, 5.41) is 12.5. The van der Waals surface area contributed by atoms with Crippen molar-refractivity contribution in [2.45, 2.75) is 90.2 Å². The van der Waals surface area contributed by atoms with Crippen molar-refractivity contribution in [1.82, 2.24) is 15.1 Å². The highest BCUT2D eigenvalue weighted by Gasteiger charge is 2.41. The van der Waals surface area contributed by atoms with E-state index in [0.29, 0.717) is 12.6 Å². The van der Waals surface area contributed by atoms with Crippen LogP contribution in [0.15, 0.2) is 72.8 Å². The molecular formula is C40H51N3O6. The number of hydrogen-bond donors (Lipinski definition) is 2. The lowest BCUT2D eigenvalue weighted by molar-refractivity contribution is -0.276. The molecule has 49 heavy (non-hydrogen) atoms. The predicted molar refractivity (Wildman–Crippen MR) is 188 cm³/mol. The molecule has 3 saturated heterocycles. The zero-order valence-corrected chi connectivity index (χ0v) is 29.1. The normalized spacial score (nSPS) is 25.3. The maximum atomic E-state index is 12.4. The van der Waals surface area contributed by atoms with E-state index in [-0.39, 0.29) is 30.6 Å². The number of ether oxygens (including phenoxy) is 3. The van der Waals surface area contributed by atoms with Gasteiger partial charge in [-0.1, -0.05) is 67.6 Å². The summed E-state index contributed by atoms with van der Waals surface area (Å²) in [5.41, 5.74) is 5.90. The number of aliphatic hydroxyl groups is 1. The highest BCUT2D eigenvalue weighted by Crippen LogP contribution is 2.43. The zero-order chi connectivity index (χ0) is 34.3. The molecule has 0 unspecified atom stereocenters. The van der Waals surface area contributed by atoms with E-state index in [0.717, 1.165) is 53.0 Å². The molecule has 2 N–H and O–H groups in total. The second-order valence-corrected chi connectivity index (χ2v) is 13.9. The quantitative estimate of drug-likeness (QED) is 0.235. The molecule has 0 saturated carbocycles. The third kappa shape index (κ3) is 8.96. The Kier molecular flexibility index (Phi) is 11.8. The number of carbonyl (C=O) groups is 2. The third-order valence-electron chi connectivity index (χ3n) is 10.3. The fourth-order valence-corrected chi connectivity index (χ4v) is 7.53. The van der Waals surface area contributed by atoms with Gasteiger partial charge in [0.1, 0.15) is 0 Å². The summed E-state index contributed by atoms with van der Waals surface area (Å²) in [5.74, 6) is -0.697. The minimum atomic E-state index is -0.850. The summed E-state index contributed by atoms with van der Waals surface area (Å²) >= 11 is 0. The molecule has 0 aliphatic carbocycles. The topological polar surface area (TPSA) is 101 Å². The average Bonchev–Trinajstić information content (AvgIpc) is 3.80. The van der Waals surface area contributed by atoms with Gasteiger partial charge in [-0.05, 0) is 92.2 Å². The van der Waals surface area contributed by atoms with E-state index in [2.05, 4.69) is 64.5 Å². The van der Waals surface area contributed by atoms with Crippen LogP contribution >= 0.6 is 0 Å². The lowest BCUT2D eigenvalue weighted by Crippen LogP contribution is -2.48. The molecule has 3 aromatic rings. The number of nitrogens with zero attached hydrogens (tertiary/aromatic N) is 2. The first-order valence-corrected chi connectivity index (χ1v) is 17.9. The van der Waals surface area contributed by atoms with E-state index in [1.807, 2.05) is 30.3 Å². The van der Waals surface area contributed by atoms with Crippen LogP contribution < -0.4 is 5.32 Å². The fourth-order valence-electron chi connectivity index (χ4n) is 7.53. The van der Waals surface area contributed by atoms with Gasteiger partial charge in [-0.25, -0.2) is 0 Å². The van der Waals surface area contributed by atoms with Gasteiger partial charge < -0.3 is 29.5 Å². The lowest BCUT2D eigenvalue weighted by atomic mass is 9.89. The highest BCUT2D eigenvalue weighted by atomic mass is 16.7. The van der Waals surface area contributed by atoms with Gasteiger partial charge in [0.15, 0.2) is 12.4 Å². The van der Waals surface area contributed by atoms with Crippen LogP contribution in [0.3, 0.4) is 0 Å². The van der Waals surface area contributed by atoms with E-state index < -0.39 is 18.4 Å². The molecule has 9 nitrogen and oxygen atoms in total. The van der Waals surface area contributed by atoms with E-state index in [4.69, 9.17) is 14.2 Å². The molecular weight excluding hydrogens is 618 g/mol. The van der Waals surface area contributed by atoms with E-state index in [1.54, 1.807) is 6.92 Å². The Bertz CT molecular complexity index is 1560. The van der Waals surface area contributed by atoms with Crippen molar-refractivity contribution in [3.8, 4) is 11.1 Å². The summed E-state index contributed by atoms with van der Waals surface area (Å²) in [6.45, 7) is 11.0. The Morgan fingerprint density at radius 1 is 0.898 bits per heavy atom. The molecule has 0 aromatic heterocycles. The summed E-state index contributed by atoms with van der Waals surface area (Å²) in [6.07, 6.45) is 3.49. The number of likely N-dealkylation sites (tertiary alicyclic amines) is 2. The van der Waals surface area contributed by atoms with E-state index >= 15 is 0 Å². The molecule has 6 rings (SSSR count). The number of nitrogens with one attached hydrogen (secondary N) is 1. The molecule has 1 amide bonds. The SMILES string of the molecule is CC(=O)O[C@@H](C)C(=O)NCc1cccc(-c2cccc([C@H]3O[C@@H](CN4CCC[C@H]4CN4CCCC4)[C@@H](C)[C@@H](c4ccc(CO)cc4)O3)c2)c1. The van der Waals surface area contributed by atoms with Crippen LogP contribution in [0.1, 0.15) is 81.1 Å². The Balaban J connectivity index is 1.21. The van der Waals surface area contributed by atoms with Gasteiger partial charge in [-0.2, -0.15) is 0 Å². The van der Waals surface area contributed by atoms with Crippen molar-refractivity contribution >= 4 is 11.9 Å². The molecule has 0 bridgehead atoms. The molecule has 262 valence electrons. The molecule has 3 aliphatic heterocycles. The average molecular weight is 670 g/mol.